The molecule has 0 heterocycles. The van der Waals surface area contributed by atoms with E-state index in [1.807, 2.05) is 0 Å². The molecule has 4 saturated carbocycles. The van der Waals surface area contributed by atoms with Crippen molar-refractivity contribution >= 4 is 5.97 Å². The van der Waals surface area contributed by atoms with E-state index in [1.165, 1.54) is 51.4 Å². The largest absolute Gasteiger partial charge is 0.481 e. The van der Waals surface area contributed by atoms with E-state index in [0.29, 0.717) is 23.7 Å². The third kappa shape index (κ3) is 2.63. The molecule has 2 heteroatoms. The van der Waals surface area contributed by atoms with E-state index in [-0.39, 0.29) is 5.41 Å². The standard InChI is InChI=1S/C24H36O2/c1-4-6-16-7-5-13-24(3)19(16)11-9-18-20-10-8-17(15-22(25)26)23(20,2)14-12-21(18)24/h6,16-21H,1,5,7-15H2,2-3H3,(H,25,26)/t16?,17?,18-,19?,20-,21-,23+,24-/m0/s1. The maximum Gasteiger partial charge on any atom is 0.303 e. The predicted molar refractivity (Wildman–Crippen MR) is 105 cm³/mol. The molecule has 0 spiro atoms. The van der Waals surface area contributed by atoms with E-state index < -0.39 is 5.97 Å². The quantitative estimate of drug-likeness (QED) is 0.622. The molecular weight excluding hydrogens is 320 g/mol. The van der Waals surface area contributed by atoms with Crippen molar-refractivity contribution in [2.75, 3.05) is 0 Å². The lowest BCUT2D eigenvalue weighted by Crippen LogP contribution is -2.54. The summed E-state index contributed by atoms with van der Waals surface area (Å²) in [6, 6.07) is 0. The number of carbonyl (C=O) groups is 1. The Labute approximate surface area is 159 Å². The third-order valence-electron chi connectivity index (χ3n) is 9.66. The van der Waals surface area contributed by atoms with Crippen LogP contribution < -0.4 is 0 Å². The van der Waals surface area contributed by atoms with E-state index in [9.17, 15) is 9.90 Å². The molecule has 4 aliphatic rings. The van der Waals surface area contributed by atoms with Gasteiger partial charge in [0.1, 0.15) is 0 Å². The highest BCUT2D eigenvalue weighted by Crippen LogP contribution is 2.68. The van der Waals surface area contributed by atoms with Crippen LogP contribution in [0.4, 0.5) is 0 Å². The summed E-state index contributed by atoms with van der Waals surface area (Å²) < 4.78 is 0. The lowest BCUT2D eigenvalue weighted by atomic mass is 9.43. The summed E-state index contributed by atoms with van der Waals surface area (Å²) in [7, 11) is 0. The summed E-state index contributed by atoms with van der Waals surface area (Å²) in [5, 5.41) is 9.37. The summed E-state index contributed by atoms with van der Waals surface area (Å²) in [4.78, 5) is 11.4. The second kappa shape index (κ2) is 6.55. The molecule has 0 aromatic carbocycles. The number of allylic oxidation sites excluding steroid dienone is 1. The summed E-state index contributed by atoms with van der Waals surface area (Å²) in [6.45, 7) is 8.89. The van der Waals surface area contributed by atoms with Gasteiger partial charge in [0.05, 0.1) is 0 Å². The van der Waals surface area contributed by atoms with Gasteiger partial charge < -0.3 is 5.11 Å². The third-order valence-corrected chi connectivity index (χ3v) is 9.66. The number of hydrogen-bond acceptors (Lipinski definition) is 1. The van der Waals surface area contributed by atoms with Crippen molar-refractivity contribution < 1.29 is 9.90 Å². The highest BCUT2D eigenvalue weighted by Gasteiger charge is 2.60. The van der Waals surface area contributed by atoms with Crippen LogP contribution in [0.15, 0.2) is 18.4 Å². The molecule has 1 N–H and O–H groups in total. The van der Waals surface area contributed by atoms with Crippen LogP contribution >= 0.6 is 0 Å². The molecule has 0 saturated heterocycles. The van der Waals surface area contributed by atoms with Gasteiger partial charge in [-0.2, -0.15) is 0 Å². The Hall–Kier alpha value is -1.01. The van der Waals surface area contributed by atoms with Gasteiger partial charge in [0.25, 0.3) is 0 Å². The van der Waals surface area contributed by atoms with Gasteiger partial charge >= 0.3 is 5.97 Å². The zero-order valence-corrected chi connectivity index (χ0v) is 16.7. The fourth-order valence-corrected chi connectivity index (χ4v) is 8.49. The Balaban J connectivity index is 1.60. The first-order valence-corrected chi connectivity index (χ1v) is 11.0. The van der Waals surface area contributed by atoms with E-state index in [2.05, 4.69) is 32.2 Å². The zero-order chi connectivity index (χ0) is 18.5. The number of aliphatic carboxylic acids is 1. The highest BCUT2D eigenvalue weighted by molar-refractivity contribution is 5.67. The Morgan fingerprint density at radius 3 is 2.50 bits per heavy atom. The summed E-state index contributed by atoms with van der Waals surface area (Å²) >= 11 is 0. The van der Waals surface area contributed by atoms with Gasteiger partial charge in [-0.1, -0.05) is 26.8 Å². The number of hydrogen-bond donors (Lipinski definition) is 1. The molecule has 0 amide bonds. The summed E-state index contributed by atoms with van der Waals surface area (Å²) in [5.74, 6) is 3.75. The lowest BCUT2D eigenvalue weighted by Gasteiger charge is -2.61. The second-order valence-electron chi connectivity index (χ2n) is 10.4. The topological polar surface area (TPSA) is 37.3 Å². The highest BCUT2D eigenvalue weighted by atomic mass is 16.4. The second-order valence-corrected chi connectivity index (χ2v) is 10.4. The molecule has 0 radical (unpaired) electrons. The summed E-state index contributed by atoms with van der Waals surface area (Å²) in [6.07, 6.45) is 14.4. The van der Waals surface area contributed by atoms with E-state index in [4.69, 9.17) is 0 Å². The van der Waals surface area contributed by atoms with Crippen molar-refractivity contribution in [3.63, 3.8) is 0 Å². The van der Waals surface area contributed by atoms with Crippen LogP contribution in [-0.4, -0.2) is 11.1 Å². The van der Waals surface area contributed by atoms with Gasteiger partial charge in [0, 0.05) is 6.42 Å². The van der Waals surface area contributed by atoms with Crippen molar-refractivity contribution in [2.45, 2.75) is 78.1 Å². The van der Waals surface area contributed by atoms with Gasteiger partial charge in [0.15, 0.2) is 0 Å². The molecule has 0 bridgehead atoms. The Morgan fingerprint density at radius 2 is 1.77 bits per heavy atom. The van der Waals surface area contributed by atoms with Crippen LogP contribution in [0.5, 0.6) is 0 Å². The minimum atomic E-state index is -0.596. The number of carboxylic acid groups (broad SMARTS) is 1. The Morgan fingerprint density at radius 1 is 1.04 bits per heavy atom. The van der Waals surface area contributed by atoms with Crippen LogP contribution in [0.1, 0.15) is 78.1 Å². The number of carboxylic acids is 1. The lowest BCUT2D eigenvalue weighted by molar-refractivity contribution is -0.142. The van der Waals surface area contributed by atoms with E-state index in [0.717, 1.165) is 30.1 Å². The predicted octanol–water partition coefficient (Wildman–Crippen LogP) is 6.08. The monoisotopic (exact) mass is 356 g/mol. The zero-order valence-electron chi connectivity index (χ0n) is 16.7. The van der Waals surface area contributed by atoms with E-state index >= 15 is 0 Å². The number of fused-ring (bicyclic) bond motifs is 5. The normalized spacial score (nSPS) is 50.1. The maximum absolute atomic E-state index is 11.4. The van der Waals surface area contributed by atoms with Crippen LogP contribution in [0.2, 0.25) is 0 Å². The van der Waals surface area contributed by atoms with Crippen molar-refractivity contribution in [1.82, 2.24) is 0 Å². The molecule has 2 nitrogen and oxygen atoms in total. The average Bonchev–Trinajstić information content (AvgIpc) is 2.91. The minimum Gasteiger partial charge on any atom is -0.481 e. The van der Waals surface area contributed by atoms with Crippen LogP contribution in [-0.2, 0) is 4.79 Å². The fourth-order valence-electron chi connectivity index (χ4n) is 8.49. The molecule has 0 aliphatic heterocycles. The first-order chi connectivity index (χ1) is 12.4. The molecule has 26 heavy (non-hydrogen) atoms. The van der Waals surface area contributed by atoms with Gasteiger partial charge in [-0.25, -0.2) is 0 Å². The first kappa shape index (κ1) is 18.4. The van der Waals surface area contributed by atoms with Crippen molar-refractivity contribution in [3.05, 3.63) is 18.4 Å². The molecule has 0 aromatic rings. The van der Waals surface area contributed by atoms with Gasteiger partial charge in [0.2, 0.25) is 0 Å². The number of rotatable bonds is 3. The van der Waals surface area contributed by atoms with Crippen LogP contribution in [0, 0.1) is 46.3 Å². The minimum absolute atomic E-state index is 0.276. The smallest absolute Gasteiger partial charge is 0.303 e. The molecular formula is C24H36O2. The maximum atomic E-state index is 11.4. The van der Waals surface area contributed by atoms with Gasteiger partial charge in [-0.15, -0.1) is 5.73 Å². The summed E-state index contributed by atoms with van der Waals surface area (Å²) in [5.41, 5.74) is 3.85. The van der Waals surface area contributed by atoms with Crippen molar-refractivity contribution in [2.24, 2.45) is 46.3 Å². The SMILES string of the molecule is C=C=CC1CCC[C@@]2(C)C1CC[C@@H]1[C@@H]2CC[C@]2(C)C(CC(=O)O)CC[C@@H]12. The Kier molecular flexibility index (Phi) is 4.63. The van der Waals surface area contributed by atoms with Gasteiger partial charge in [-0.3, -0.25) is 4.79 Å². The van der Waals surface area contributed by atoms with Gasteiger partial charge in [-0.05, 0) is 104 Å². The molecule has 3 unspecified atom stereocenters. The van der Waals surface area contributed by atoms with Crippen LogP contribution in [0.25, 0.3) is 0 Å². The fraction of sp³-hybridized carbons (Fsp3) is 0.833. The molecule has 4 rings (SSSR count). The molecule has 144 valence electrons. The van der Waals surface area contributed by atoms with Crippen molar-refractivity contribution in [1.29, 1.82) is 0 Å². The molecule has 8 atom stereocenters. The van der Waals surface area contributed by atoms with Crippen molar-refractivity contribution in [3.8, 4) is 0 Å². The van der Waals surface area contributed by atoms with Crippen LogP contribution in [0.3, 0.4) is 0 Å². The first-order valence-electron chi connectivity index (χ1n) is 11.0. The Bertz CT molecular complexity index is 618. The van der Waals surface area contributed by atoms with E-state index in [1.54, 1.807) is 0 Å². The molecule has 0 aromatic heterocycles. The molecule has 4 fully saturated rings. The average molecular weight is 357 g/mol. The molecule has 4 aliphatic carbocycles.